The summed E-state index contributed by atoms with van der Waals surface area (Å²) in [4.78, 5) is 27.6. The highest BCUT2D eigenvalue weighted by Gasteiger charge is 2.32. The van der Waals surface area contributed by atoms with Gasteiger partial charge in [0.2, 0.25) is 0 Å². The van der Waals surface area contributed by atoms with Crippen LogP contribution in [0.3, 0.4) is 0 Å². The number of amides is 2. The zero-order valence-electron chi connectivity index (χ0n) is 19.2. The number of carbonyl (C=O) groups is 1. The quantitative estimate of drug-likeness (QED) is 0.619. The van der Waals surface area contributed by atoms with Gasteiger partial charge in [0.1, 0.15) is 0 Å². The van der Waals surface area contributed by atoms with Crippen LogP contribution in [0.5, 0.6) is 0 Å². The third-order valence-corrected chi connectivity index (χ3v) is 7.19. The van der Waals surface area contributed by atoms with Gasteiger partial charge in [0.15, 0.2) is 5.13 Å². The maximum atomic E-state index is 13.1. The molecular weight excluding hydrogens is 448 g/mol. The van der Waals surface area contributed by atoms with Crippen molar-refractivity contribution in [3.8, 4) is 27.8 Å². The minimum atomic E-state index is -0.148. The van der Waals surface area contributed by atoms with Gasteiger partial charge in [-0.05, 0) is 43.7 Å². The number of nitrogens with one attached hydrogen (secondary N) is 1. The highest BCUT2D eigenvalue weighted by Crippen LogP contribution is 2.39. The molecule has 2 aliphatic rings. The van der Waals surface area contributed by atoms with Crippen LogP contribution < -0.4 is 5.32 Å². The Morgan fingerprint density at radius 3 is 2.76 bits per heavy atom. The minimum absolute atomic E-state index is 0.148. The van der Waals surface area contributed by atoms with E-state index in [2.05, 4.69) is 21.3 Å². The fourth-order valence-electron chi connectivity index (χ4n) is 4.57. The van der Waals surface area contributed by atoms with Crippen molar-refractivity contribution in [1.82, 2.24) is 19.8 Å². The minimum Gasteiger partial charge on any atom is -0.378 e. The first-order valence-electron chi connectivity index (χ1n) is 11.3. The van der Waals surface area contributed by atoms with Crippen molar-refractivity contribution in [3.63, 3.8) is 0 Å². The highest BCUT2D eigenvalue weighted by atomic mass is 32.1. The van der Waals surface area contributed by atoms with E-state index in [0.29, 0.717) is 30.4 Å². The molecule has 0 aliphatic carbocycles. The molecule has 4 heterocycles. The number of morpholine rings is 1. The summed E-state index contributed by atoms with van der Waals surface area (Å²) in [5.41, 5.74) is 4.97. The molecule has 2 aromatic heterocycles. The summed E-state index contributed by atoms with van der Waals surface area (Å²) in [7, 11) is 0. The average molecular weight is 475 g/mol. The van der Waals surface area contributed by atoms with Gasteiger partial charge in [0.25, 0.3) is 0 Å². The number of nitriles is 1. The van der Waals surface area contributed by atoms with Crippen LogP contribution in [-0.4, -0.2) is 71.2 Å². The molecule has 5 rings (SSSR count). The first-order chi connectivity index (χ1) is 16.5. The molecule has 0 saturated carbocycles. The Morgan fingerprint density at radius 1 is 1.15 bits per heavy atom. The summed E-state index contributed by atoms with van der Waals surface area (Å²) in [5.74, 6) is 0. The summed E-state index contributed by atoms with van der Waals surface area (Å²) < 4.78 is 5.60. The second kappa shape index (κ2) is 9.50. The number of urea groups is 1. The number of hydrogen-bond donors (Lipinski definition) is 1. The predicted octanol–water partition coefficient (Wildman–Crippen LogP) is 3.91. The number of pyridine rings is 1. The third-order valence-electron chi connectivity index (χ3n) is 6.17. The SMILES string of the molecule is Cc1cc(-c2sc(NC(=O)N3CCN4CCOCC4C3)nc2-c2cccc(C#N)c2)cc(C)n1. The molecule has 34 heavy (non-hydrogen) atoms. The van der Waals surface area contributed by atoms with Gasteiger partial charge >= 0.3 is 6.03 Å². The fourth-order valence-corrected chi connectivity index (χ4v) is 5.53. The van der Waals surface area contributed by atoms with Crippen molar-refractivity contribution >= 4 is 22.5 Å². The summed E-state index contributed by atoms with van der Waals surface area (Å²) in [6.45, 7) is 8.44. The van der Waals surface area contributed by atoms with E-state index in [1.165, 1.54) is 11.3 Å². The second-order valence-electron chi connectivity index (χ2n) is 8.67. The lowest BCUT2D eigenvalue weighted by Gasteiger charge is -2.43. The Morgan fingerprint density at radius 2 is 1.97 bits per heavy atom. The van der Waals surface area contributed by atoms with E-state index in [-0.39, 0.29) is 12.1 Å². The molecule has 0 bridgehead atoms. The third kappa shape index (κ3) is 4.66. The number of anilines is 1. The lowest BCUT2D eigenvalue weighted by Crippen LogP contribution is -2.59. The highest BCUT2D eigenvalue weighted by molar-refractivity contribution is 7.19. The number of aromatic nitrogens is 2. The number of benzene rings is 1. The standard InChI is InChI=1S/C25H26N6O2S/c1-16-10-20(11-17(2)27-16)23-22(19-5-3-4-18(12-19)13-26)28-24(34-23)29-25(32)31-7-6-30-8-9-33-15-21(30)14-31/h3-5,10-12,21H,6-9,14-15H2,1-2H3,(H,28,29,32). The molecule has 1 atom stereocenters. The van der Waals surface area contributed by atoms with Gasteiger partial charge in [0, 0.05) is 43.1 Å². The van der Waals surface area contributed by atoms with Crippen LogP contribution in [-0.2, 0) is 4.74 Å². The number of piperazine rings is 1. The summed E-state index contributed by atoms with van der Waals surface area (Å²) in [6.07, 6.45) is 0. The smallest absolute Gasteiger partial charge is 0.323 e. The van der Waals surface area contributed by atoms with E-state index in [1.54, 1.807) is 6.07 Å². The molecular formula is C25H26N6O2S. The molecule has 0 radical (unpaired) electrons. The largest absolute Gasteiger partial charge is 0.378 e. The monoisotopic (exact) mass is 474 g/mol. The van der Waals surface area contributed by atoms with Crippen molar-refractivity contribution < 1.29 is 9.53 Å². The maximum Gasteiger partial charge on any atom is 0.323 e. The maximum absolute atomic E-state index is 13.1. The van der Waals surface area contributed by atoms with Gasteiger partial charge in [-0.2, -0.15) is 5.26 Å². The van der Waals surface area contributed by atoms with Gasteiger partial charge in [-0.3, -0.25) is 15.2 Å². The van der Waals surface area contributed by atoms with E-state index < -0.39 is 0 Å². The Kier molecular flexibility index (Phi) is 6.28. The number of aryl methyl sites for hydroxylation is 2. The van der Waals surface area contributed by atoms with Gasteiger partial charge in [-0.15, -0.1) is 0 Å². The number of carbonyl (C=O) groups excluding carboxylic acids is 1. The van der Waals surface area contributed by atoms with Crippen LogP contribution in [0.4, 0.5) is 9.93 Å². The zero-order valence-corrected chi connectivity index (χ0v) is 20.1. The van der Waals surface area contributed by atoms with Gasteiger partial charge < -0.3 is 9.64 Å². The number of fused-ring (bicyclic) bond motifs is 1. The number of thiazole rings is 1. The topological polar surface area (TPSA) is 94.4 Å². The van der Waals surface area contributed by atoms with Crippen molar-refractivity contribution in [1.29, 1.82) is 5.26 Å². The Bertz CT molecular complexity index is 1250. The molecule has 1 unspecified atom stereocenters. The molecule has 1 aromatic carbocycles. The molecule has 1 N–H and O–H groups in total. The van der Waals surface area contributed by atoms with Crippen molar-refractivity contribution in [2.45, 2.75) is 19.9 Å². The molecule has 8 nitrogen and oxygen atoms in total. The summed E-state index contributed by atoms with van der Waals surface area (Å²) in [5, 5.41) is 12.9. The zero-order chi connectivity index (χ0) is 23.7. The Balaban J connectivity index is 1.45. The van der Waals surface area contributed by atoms with Crippen LogP contribution in [0.15, 0.2) is 36.4 Å². The fraction of sp³-hybridized carbons (Fsp3) is 0.360. The van der Waals surface area contributed by atoms with Crippen LogP contribution in [0.2, 0.25) is 0 Å². The normalized spacial score (nSPS) is 18.3. The van der Waals surface area contributed by atoms with E-state index in [1.807, 2.05) is 49.1 Å². The van der Waals surface area contributed by atoms with E-state index in [4.69, 9.17) is 9.72 Å². The molecule has 2 amide bonds. The number of rotatable bonds is 3. The lowest BCUT2D eigenvalue weighted by atomic mass is 10.0. The molecule has 9 heteroatoms. The average Bonchev–Trinajstić information content (AvgIpc) is 3.27. The number of nitrogens with zero attached hydrogens (tertiary/aromatic N) is 5. The first kappa shape index (κ1) is 22.5. The van der Waals surface area contributed by atoms with Crippen LogP contribution in [0.25, 0.3) is 21.7 Å². The summed E-state index contributed by atoms with van der Waals surface area (Å²) in [6, 6.07) is 13.7. The van der Waals surface area contributed by atoms with Gasteiger partial charge in [0.05, 0.1) is 41.5 Å². The Hall–Kier alpha value is -3.32. The van der Waals surface area contributed by atoms with Gasteiger partial charge in [-0.25, -0.2) is 9.78 Å². The van der Waals surface area contributed by atoms with Crippen molar-refractivity contribution in [2.75, 3.05) is 44.7 Å². The van der Waals surface area contributed by atoms with E-state index in [9.17, 15) is 10.1 Å². The molecule has 174 valence electrons. The van der Waals surface area contributed by atoms with E-state index in [0.717, 1.165) is 52.8 Å². The van der Waals surface area contributed by atoms with Crippen LogP contribution in [0, 0.1) is 25.2 Å². The number of ether oxygens (including phenoxy) is 1. The second-order valence-corrected chi connectivity index (χ2v) is 9.67. The number of hydrogen-bond acceptors (Lipinski definition) is 7. The Labute approximate surface area is 202 Å². The predicted molar refractivity (Wildman–Crippen MR) is 132 cm³/mol. The van der Waals surface area contributed by atoms with Gasteiger partial charge in [-0.1, -0.05) is 23.5 Å². The lowest BCUT2D eigenvalue weighted by molar-refractivity contribution is -0.0355. The van der Waals surface area contributed by atoms with E-state index >= 15 is 0 Å². The molecule has 2 fully saturated rings. The van der Waals surface area contributed by atoms with Crippen molar-refractivity contribution in [2.24, 2.45) is 0 Å². The molecule has 2 aliphatic heterocycles. The molecule has 2 saturated heterocycles. The van der Waals surface area contributed by atoms with Crippen LogP contribution >= 0.6 is 11.3 Å². The molecule has 0 spiro atoms. The van der Waals surface area contributed by atoms with Crippen LogP contribution in [0.1, 0.15) is 17.0 Å². The van der Waals surface area contributed by atoms with Crippen molar-refractivity contribution in [3.05, 3.63) is 53.3 Å². The molecule has 3 aromatic rings. The summed E-state index contributed by atoms with van der Waals surface area (Å²) >= 11 is 1.44. The first-order valence-corrected chi connectivity index (χ1v) is 12.2.